The summed E-state index contributed by atoms with van der Waals surface area (Å²) < 4.78 is 0. The molecular weight excluding hydrogens is 188 g/mol. The minimum absolute atomic E-state index is 0.122. The summed E-state index contributed by atoms with van der Waals surface area (Å²) in [6.07, 6.45) is 6.66. The van der Waals surface area contributed by atoms with Crippen molar-refractivity contribution in [1.29, 1.82) is 0 Å². The molecule has 2 atom stereocenters. The van der Waals surface area contributed by atoms with Gasteiger partial charge in [-0.15, -0.1) is 0 Å². The van der Waals surface area contributed by atoms with E-state index in [0.29, 0.717) is 17.9 Å². The number of allylic oxidation sites excluding steroid dienone is 2. The van der Waals surface area contributed by atoms with E-state index in [9.17, 15) is 4.79 Å². The maximum atomic E-state index is 10.7. The summed E-state index contributed by atoms with van der Waals surface area (Å²) in [6.45, 7) is 6.42. The Bertz CT molecular complexity index is 253. The number of rotatable bonds is 6. The van der Waals surface area contributed by atoms with Gasteiger partial charge in [0.25, 0.3) is 0 Å². The van der Waals surface area contributed by atoms with E-state index >= 15 is 0 Å². The van der Waals surface area contributed by atoms with Gasteiger partial charge in [-0.1, -0.05) is 19.9 Å². The summed E-state index contributed by atoms with van der Waals surface area (Å²) in [5.41, 5.74) is 0.396. The Hall–Kier alpha value is -0.630. The first-order valence-electron chi connectivity index (χ1n) is 5.78. The molecule has 2 unspecified atom stereocenters. The first-order chi connectivity index (χ1) is 7.00. The Balaban J connectivity index is 2.26. The highest BCUT2D eigenvalue weighted by atomic mass is 16.3. The van der Waals surface area contributed by atoms with Crippen molar-refractivity contribution in [3.05, 3.63) is 12.2 Å². The van der Waals surface area contributed by atoms with E-state index in [1.165, 1.54) is 0 Å². The third-order valence-corrected chi connectivity index (χ3v) is 3.72. The number of carbonyl (C=O) groups excluding carboxylic acids is 1. The predicted octanol–water partition coefficient (Wildman–Crippen LogP) is 2.57. The summed E-state index contributed by atoms with van der Waals surface area (Å²) in [7, 11) is 0. The number of hydrogen-bond donors (Lipinski definition) is 1. The average molecular weight is 210 g/mol. The largest absolute Gasteiger partial charge is 0.396 e. The van der Waals surface area contributed by atoms with Crippen LogP contribution in [-0.4, -0.2) is 17.5 Å². The van der Waals surface area contributed by atoms with E-state index < -0.39 is 0 Å². The zero-order chi connectivity index (χ0) is 11.5. The topological polar surface area (TPSA) is 37.3 Å². The molecule has 86 valence electrons. The fourth-order valence-electron chi connectivity index (χ4n) is 2.67. The van der Waals surface area contributed by atoms with Gasteiger partial charge in [0.2, 0.25) is 0 Å². The van der Waals surface area contributed by atoms with Gasteiger partial charge in [-0.05, 0) is 49.5 Å². The van der Waals surface area contributed by atoms with Crippen molar-refractivity contribution in [2.45, 2.75) is 40.0 Å². The minimum Gasteiger partial charge on any atom is -0.396 e. The van der Waals surface area contributed by atoms with Gasteiger partial charge < -0.3 is 5.11 Å². The lowest BCUT2D eigenvalue weighted by Gasteiger charge is -2.00. The molecule has 0 bridgehead atoms. The zero-order valence-electron chi connectivity index (χ0n) is 9.99. The highest BCUT2D eigenvalue weighted by molar-refractivity contribution is 5.87. The van der Waals surface area contributed by atoms with Crippen molar-refractivity contribution in [2.75, 3.05) is 6.61 Å². The molecule has 1 aliphatic rings. The first-order valence-corrected chi connectivity index (χ1v) is 5.78. The van der Waals surface area contributed by atoms with Crippen molar-refractivity contribution in [3.8, 4) is 0 Å². The number of carbonyl (C=O) groups is 1. The van der Waals surface area contributed by atoms with Crippen LogP contribution in [0.25, 0.3) is 0 Å². The average Bonchev–Trinajstić information content (AvgIpc) is 2.63. The molecule has 1 N–H and O–H groups in total. The molecule has 1 aliphatic carbocycles. The van der Waals surface area contributed by atoms with Crippen molar-refractivity contribution in [1.82, 2.24) is 0 Å². The quantitative estimate of drug-likeness (QED) is 0.684. The second kappa shape index (κ2) is 4.93. The maximum Gasteiger partial charge on any atom is 0.152 e. The van der Waals surface area contributed by atoms with E-state index in [1.807, 2.05) is 6.08 Å². The summed E-state index contributed by atoms with van der Waals surface area (Å²) in [5, 5.41) is 8.91. The third kappa shape index (κ3) is 3.16. The predicted molar refractivity (Wildman–Crippen MR) is 61.5 cm³/mol. The van der Waals surface area contributed by atoms with E-state index in [1.54, 1.807) is 13.0 Å². The molecular formula is C13H22O2. The molecule has 2 heteroatoms. The molecule has 15 heavy (non-hydrogen) atoms. The van der Waals surface area contributed by atoms with Gasteiger partial charge in [0.05, 0.1) is 0 Å². The Kier molecular flexibility index (Phi) is 4.09. The SMILES string of the molecule is CC(=O)C=CCCC1C(CCO)C1(C)C. The Labute approximate surface area is 92.4 Å². The summed E-state index contributed by atoms with van der Waals surface area (Å²) in [5.74, 6) is 1.52. The van der Waals surface area contributed by atoms with Crippen molar-refractivity contribution < 1.29 is 9.90 Å². The standard InChI is InChI=1S/C13H22O2/c1-10(15)6-4-5-7-11-12(8-9-14)13(11,2)3/h4,6,11-12,14H,5,7-9H2,1-3H3. The lowest BCUT2D eigenvalue weighted by molar-refractivity contribution is -0.112. The van der Waals surface area contributed by atoms with E-state index in [2.05, 4.69) is 13.8 Å². The lowest BCUT2D eigenvalue weighted by atomic mass is 10.1. The van der Waals surface area contributed by atoms with Crippen LogP contribution in [0.4, 0.5) is 0 Å². The van der Waals surface area contributed by atoms with Gasteiger partial charge in [-0.25, -0.2) is 0 Å². The van der Waals surface area contributed by atoms with Crippen LogP contribution in [0.5, 0.6) is 0 Å². The third-order valence-electron chi connectivity index (χ3n) is 3.72. The fraction of sp³-hybridized carbons (Fsp3) is 0.769. The Morgan fingerprint density at radius 3 is 2.47 bits per heavy atom. The van der Waals surface area contributed by atoms with Crippen LogP contribution in [0.2, 0.25) is 0 Å². The normalized spacial score (nSPS) is 28.3. The molecule has 1 fully saturated rings. The van der Waals surface area contributed by atoms with Crippen LogP contribution in [0.1, 0.15) is 40.0 Å². The maximum absolute atomic E-state index is 10.7. The van der Waals surface area contributed by atoms with Gasteiger partial charge >= 0.3 is 0 Å². The molecule has 0 spiro atoms. The molecule has 0 aliphatic heterocycles. The van der Waals surface area contributed by atoms with Crippen LogP contribution in [-0.2, 0) is 4.79 Å². The molecule has 0 aromatic carbocycles. The number of ketones is 1. The van der Waals surface area contributed by atoms with E-state index in [-0.39, 0.29) is 5.78 Å². The number of aliphatic hydroxyl groups is 1. The van der Waals surface area contributed by atoms with Crippen molar-refractivity contribution >= 4 is 5.78 Å². The van der Waals surface area contributed by atoms with Crippen molar-refractivity contribution in [3.63, 3.8) is 0 Å². The smallest absolute Gasteiger partial charge is 0.152 e. The summed E-state index contributed by atoms with van der Waals surface area (Å²) >= 11 is 0. The molecule has 0 aromatic rings. The minimum atomic E-state index is 0.122. The van der Waals surface area contributed by atoms with Crippen LogP contribution in [0.3, 0.4) is 0 Å². The number of aliphatic hydroxyl groups excluding tert-OH is 1. The van der Waals surface area contributed by atoms with E-state index in [0.717, 1.165) is 25.2 Å². The second-order valence-electron chi connectivity index (χ2n) is 5.14. The van der Waals surface area contributed by atoms with Gasteiger partial charge in [0.1, 0.15) is 0 Å². The zero-order valence-corrected chi connectivity index (χ0v) is 9.99. The van der Waals surface area contributed by atoms with E-state index in [4.69, 9.17) is 5.11 Å². The van der Waals surface area contributed by atoms with Gasteiger partial charge in [0, 0.05) is 6.61 Å². The lowest BCUT2D eigenvalue weighted by Crippen LogP contribution is -1.92. The van der Waals surface area contributed by atoms with Crippen LogP contribution >= 0.6 is 0 Å². The monoisotopic (exact) mass is 210 g/mol. The molecule has 2 nitrogen and oxygen atoms in total. The van der Waals surface area contributed by atoms with Crippen molar-refractivity contribution in [2.24, 2.45) is 17.3 Å². The number of hydrogen-bond acceptors (Lipinski definition) is 2. The van der Waals surface area contributed by atoms with Gasteiger partial charge in [0.15, 0.2) is 5.78 Å². The van der Waals surface area contributed by atoms with Gasteiger partial charge in [-0.2, -0.15) is 0 Å². The molecule has 0 saturated heterocycles. The second-order valence-corrected chi connectivity index (χ2v) is 5.14. The van der Waals surface area contributed by atoms with Gasteiger partial charge in [-0.3, -0.25) is 4.79 Å². The van der Waals surface area contributed by atoms with Crippen LogP contribution in [0, 0.1) is 17.3 Å². The van der Waals surface area contributed by atoms with Crippen LogP contribution in [0.15, 0.2) is 12.2 Å². The molecule has 0 heterocycles. The highest BCUT2D eigenvalue weighted by Crippen LogP contribution is 2.61. The fourth-order valence-corrected chi connectivity index (χ4v) is 2.67. The molecule has 0 aromatic heterocycles. The van der Waals surface area contributed by atoms with Crippen LogP contribution < -0.4 is 0 Å². The molecule has 0 radical (unpaired) electrons. The first kappa shape index (κ1) is 12.4. The summed E-state index contributed by atoms with van der Waals surface area (Å²) in [6, 6.07) is 0. The Morgan fingerprint density at radius 2 is 1.93 bits per heavy atom. The molecule has 1 saturated carbocycles. The molecule has 0 amide bonds. The highest BCUT2D eigenvalue weighted by Gasteiger charge is 2.55. The Morgan fingerprint density at radius 1 is 1.33 bits per heavy atom. The summed E-state index contributed by atoms with van der Waals surface area (Å²) in [4.78, 5) is 10.7. The molecule has 1 rings (SSSR count).